The van der Waals surface area contributed by atoms with Crippen LogP contribution in [0.15, 0.2) is 30.9 Å². The molecule has 0 spiro atoms. The molecule has 2 aromatic rings. The number of carbonyl (C=O) groups is 1. The molecule has 44 heavy (non-hydrogen) atoms. The van der Waals surface area contributed by atoms with Crippen LogP contribution in [0.5, 0.6) is 5.88 Å². The van der Waals surface area contributed by atoms with Gasteiger partial charge in [0.25, 0.3) is 0 Å². The predicted molar refractivity (Wildman–Crippen MR) is 171 cm³/mol. The lowest BCUT2D eigenvalue weighted by atomic mass is 9.95. The van der Waals surface area contributed by atoms with Gasteiger partial charge in [-0.25, -0.2) is 4.98 Å². The molecule has 4 aliphatic rings. The summed E-state index contributed by atoms with van der Waals surface area (Å²) >= 11 is 0. The SMILES string of the molecule is C=CC(=O)N1CCN(c2c(C#N)c(OC[C@@H]3CCCN3C)nc3c2CCN(c2cccc4c2CCCN4C)C3)C[C@@H]1CC#N. The van der Waals surface area contributed by atoms with E-state index in [1.54, 1.807) is 4.90 Å². The molecule has 2 saturated heterocycles. The Morgan fingerprint density at radius 2 is 1.89 bits per heavy atom. The number of anilines is 3. The van der Waals surface area contributed by atoms with E-state index in [1.807, 2.05) is 0 Å². The van der Waals surface area contributed by atoms with E-state index in [0.717, 1.165) is 68.7 Å². The molecule has 1 aromatic heterocycles. The van der Waals surface area contributed by atoms with Gasteiger partial charge in [0.15, 0.2) is 0 Å². The lowest BCUT2D eigenvalue weighted by Gasteiger charge is -2.43. The highest BCUT2D eigenvalue weighted by atomic mass is 16.5. The molecule has 10 heteroatoms. The Hall–Kier alpha value is -4.28. The van der Waals surface area contributed by atoms with E-state index in [9.17, 15) is 15.3 Å². The third-order valence-electron chi connectivity index (χ3n) is 9.87. The highest BCUT2D eigenvalue weighted by Crippen LogP contribution is 2.41. The number of pyridine rings is 1. The zero-order chi connectivity index (χ0) is 30.8. The molecule has 5 heterocycles. The molecule has 10 nitrogen and oxygen atoms in total. The topological polar surface area (TPSA) is 103 Å². The van der Waals surface area contributed by atoms with Crippen molar-refractivity contribution in [3.8, 4) is 18.0 Å². The summed E-state index contributed by atoms with van der Waals surface area (Å²) < 4.78 is 6.42. The van der Waals surface area contributed by atoms with E-state index in [4.69, 9.17) is 9.72 Å². The van der Waals surface area contributed by atoms with Crippen LogP contribution in [0.2, 0.25) is 0 Å². The van der Waals surface area contributed by atoms with E-state index in [2.05, 4.69) is 70.6 Å². The number of benzene rings is 1. The zero-order valence-electron chi connectivity index (χ0n) is 26.0. The van der Waals surface area contributed by atoms with E-state index < -0.39 is 0 Å². The number of nitriles is 2. The van der Waals surface area contributed by atoms with Gasteiger partial charge in [-0.1, -0.05) is 12.6 Å². The van der Waals surface area contributed by atoms with Gasteiger partial charge in [-0.2, -0.15) is 10.5 Å². The number of likely N-dealkylation sites (tertiary alicyclic amines) is 1. The number of rotatable bonds is 7. The molecule has 230 valence electrons. The first-order valence-electron chi connectivity index (χ1n) is 15.8. The van der Waals surface area contributed by atoms with Gasteiger partial charge in [0.1, 0.15) is 18.2 Å². The van der Waals surface area contributed by atoms with Crippen LogP contribution in [0, 0.1) is 22.7 Å². The van der Waals surface area contributed by atoms with Gasteiger partial charge in [-0.3, -0.25) is 4.79 Å². The third-order valence-corrected chi connectivity index (χ3v) is 9.87. The van der Waals surface area contributed by atoms with Crippen LogP contribution in [-0.2, 0) is 24.2 Å². The Balaban J connectivity index is 1.38. The Morgan fingerprint density at radius 1 is 1.05 bits per heavy atom. The number of amides is 1. The molecule has 2 atom stereocenters. The van der Waals surface area contributed by atoms with Crippen molar-refractivity contribution in [3.63, 3.8) is 0 Å². The molecular formula is C34H42N8O2. The molecule has 0 radical (unpaired) electrons. The minimum atomic E-state index is -0.293. The minimum Gasteiger partial charge on any atom is -0.475 e. The molecule has 1 amide bonds. The Labute approximate surface area is 260 Å². The number of likely N-dealkylation sites (N-methyl/N-ethyl adjacent to an activating group) is 1. The second-order valence-electron chi connectivity index (χ2n) is 12.4. The van der Waals surface area contributed by atoms with Crippen LogP contribution in [0.3, 0.4) is 0 Å². The molecule has 0 N–H and O–H groups in total. The fourth-order valence-corrected chi connectivity index (χ4v) is 7.49. The van der Waals surface area contributed by atoms with Crippen LogP contribution in [0.1, 0.15) is 48.1 Å². The molecule has 0 bridgehead atoms. The fraction of sp³-hybridized carbons (Fsp3) is 0.529. The van der Waals surface area contributed by atoms with Crippen molar-refractivity contribution in [1.29, 1.82) is 10.5 Å². The van der Waals surface area contributed by atoms with Crippen molar-refractivity contribution < 1.29 is 9.53 Å². The maximum atomic E-state index is 12.6. The average molecular weight is 595 g/mol. The van der Waals surface area contributed by atoms with Gasteiger partial charge < -0.3 is 29.2 Å². The lowest BCUT2D eigenvalue weighted by Crippen LogP contribution is -2.55. The number of ether oxygens (including phenoxy) is 1. The Morgan fingerprint density at radius 3 is 2.64 bits per heavy atom. The van der Waals surface area contributed by atoms with Crippen LogP contribution < -0.4 is 19.4 Å². The molecule has 0 aliphatic carbocycles. The third kappa shape index (κ3) is 5.55. The molecular weight excluding hydrogens is 552 g/mol. The smallest absolute Gasteiger partial charge is 0.246 e. The summed E-state index contributed by atoms with van der Waals surface area (Å²) in [6, 6.07) is 11.3. The highest BCUT2D eigenvalue weighted by molar-refractivity contribution is 5.87. The fourth-order valence-electron chi connectivity index (χ4n) is 7.49. The summed E-state index contributed by atoms with van der Waals surface area (Å²) in [4.78, 5) is 28.7. The van der Waals surface area contributed by atoms with Gasteiger partial charge in [-0.15, -0.1) is 0 Å². The predicted octanol–water partition coefficient (Wildman–Crippen LogP) is 3.49. The van der Waals surface area contributed by atoms with E-state index in [-0.39, 0.29) is 18.4 Å². The van der Waals surface area contributed by atoms with Crippen molar-refractivity contribution >= 4 is 23.0 Å². The van der Waals surface area contributed by atoms with E-state index >= 15 is 0 Å². The van der Waals surface area contributed by atoms with Crippen LogP contribution >= 0.6 is 0 Å². The van der Waals surface area contributed by atoms with Gasteiger partial charge in [0.2, 0.25) is 11.8 Å². The van der Waals surface area contributed by atoms with Crippen molar-refractivity contribution in [2.75, 3.05) is 74.7 Å². The summed E-state index contributed by atoms with van der Waals surface area (Å²) in [7, 11) is 4.28. The van der Waals surface area contributed by atoms with Crippen LogP contribution in [0.25, 0.3) is 0 Å². The monoisotopic (exact) mass is 594 g/mol. The number of hydrogen-bond donors (Lipinski definition) is 0. The number of hydrogen-bond acceptors (Lipinski definition) is 9. The van der Waals surface area contributed by atoms with Crippen LogP contribution in [-0.4, -0.2) is 92.7 Å². The normalized spacial score (nSPS) is 21.7. The number of aromatic nitrogens is 1. The second-order valence-corrected chi connectivity index (χ2v) is 12.4. The second kappa shape index (κ2) is 12.8. The lowest BCUT2D eigenvalue weighted by molar-refractivity contribution is -0.128. The summed E-state index contributed by atoms with van der Waals surface area (Å²) in [5.41, 5.74) is 7.27. The summed E-state index contributed by atoms with van der Waals surface area (Å²) in [6.45, 7) is 9.17. The Bertz CT molecular complexity index is 1510. The quantitative estimate of drug-likeness (QED) is 0.446. The van der Waals surface area contributed by atoms with Gasteiger partial charge in [-0.05, 0) is 69.5 Å². The van der Waals surface area contributed by atoms with Crippen molar-refractivity contribution in [2.24, 2.45) is 0 Å². The Kier molecular flexibility index (Phi) is 8.63. The number of nitrogens with zero attached hydrogens (tertiary/aromatic N) is 8. The first-order chi connectivity index (χ1) is 21.4. The van der Waals surface area contributed by atoms with Gasteiger partial charge >= 0.3 is 0 Å². The first kappa shape index (κ1) is 29.8. The highest BCUT2D eigenvalue weighted by Gasteiger charge is 2.35. The van der Waals surface area contributed by atoms with E-state index in [1.165, 1.54) is 23.0 Å². The minimum absolute atomic E-state index is 0.167. The number of piperazine rings is 1. The largest absolute Gasteiger partial charge is 0.475 e. The zero-order valence-corrected chi connectivity index (χ0v) is 26.0. The summed E-state index contributed by atoms with van der Waals surface area (Å²) in [5.74, 6) is 0.221. The maximum absolute atomic E-state index is 12.6. The van der Waals surface area contributed by atoms with Crippen molar-refractivity contribution in [1.82, 2.24) is 14.8 Å². The van der Waals surface area contributed by atoms with Gasteiger partial charge in [0, 0.05) is 62.8 Å². The molecule has 0 saturated carbocycles. The summed E-state index contributed by atoms with van der Waals surface area (Å²) in [6.07, 6.45) is 6.66. The first-order valence-corrected chi connectivity index (χ1v) is 15.8. The standard InChI is InChI=1S/C34H42N8O2/c1-4-32(43)42-19-18-41(21-24(42)12-14-35)33-26-13-17-40(31-11-5-10-30-27(31)9-7-16-39(30)3)22-29(26)37-34(28(33)20-36)44-23-25-8-6-15-38(25)2/h4-5,10-11,24-25H,1,6-9,12-13,15-19,21-23H2,2-3H3/t24-,25-/m0/s1. The molecule has 4 aliphatic heterocycles. The molecule has 1 aromatic carbocycles. The average Bonchev–Trinajstić information content (AvgIpc) is 3.46. The van der Waals surface area contributed by atoms with E-state index in [0.29, 0.717) is 50.3 Å². The molecule has 6 rings (SSSR count). The molecule has 0 unspecified atom stereocenters. The van der Waals surface area contributed by atoms with Gasteiger partial charge in [0.05, 0.1) is 36.5 Å². The van der Waals surface area contributed by atoms with Crippen LogP contribution in [0.4, 0.5) is 17.1 Å². The maximum Gasteiger partial charge on any atom is 0.246 e. The molecule has 2 fully saturated rings. The number of fused-ring (bicyclic) bond motifs is 2. The van der Waals surface area contributed by atoms with Crippen molar-refractivity contribution in [2.45, 2.75) is 57.2 Å². The number of carbonyl (C=O) groups excluding carboxylic acids is 1. The van der Waals surface area contributed by atoms with Crippen molar-refractivity contribution in [3.05, 3.63) is 53.2 Å². The summed E-state index contributed by atoms with van der Waals surface area (Å²) in [5, 5.41) is 20.1.